The van der Waals surface area contributed by atoms with E-state index in [1.54, 1.807) is 12.4 Å². The fourth-order valence-electron chi connectivity index (χ4n) is 1.45. The van der Waals surface area contributed by atoms with Crippen LogP contribution < -0.4 is 4.90 Å². The average molecular weight is 250 g/mol. The molecule has 2 aromatic heterocycles. The number of hydrogen-bond donors (Lipinski definition) is 0. The lowest BCUT2D eigenvalue weighted by molar-refractivity contribution is 0.782. The molecule has 0 aliphatic carbocycles. The molecule has 88 valence electrons. The molecule has 0 atom stereocenters. The topological polar surface area (TPSA) is 54.8 Å². The Kier molecular flexibility index (Phi) is 3.82. The molecule has 6 heteroatoms. The van der Waals surface area contributed by atoms with Gasteiger partial charge >= 0.3 is 0 Å². The van der Waals surface area contributed by atoms with Gasteiger partial charge in [0.15, 0.2) is 0 Å². The quantitative estimate of drug-likeness (QED) is 0.829. The van der Waals surface area contributed by atoms with Gasteiger partial charge in [-0.3, -0.25) is 4.98 Å². The van der Waals surface area contributed by atoms with Gasteiger partial charge in [-0.15, -0.1) is 0 Å². The first-order chi connectivity index (χ1) is 8.29. The van der Waals surface area contributed by atoms with Gasteiger partial charge in [-0.2, -0.15) is 4.98 Å². The van der Waals surface area contributed by atoms with Crippen molar-refractivity contribution in [3.63, 3.8) is 0 Å². The van der Waals surface area contributed by atoms with Gasteiger partial charge in [0, 0.05) is 25.5 Å². The Morgan fingerprint density at radius 1 is 1.24 bits per heavy atom. The van der Waals surface area contributed by atoms with Gasteiger partial charge in [-0.25, -0.2) is 9.97 Å². The normalized spacial score (nSPS) is 10.2. The average Bonchev–Trinajstić information content (AvgIpc) is 2.37. The summed E-state index contributed by atoms with van der Waals surface area (Å²) in [5, 5.41) is 0.211. The van der Waals surface area contributed by atoms with Crippen LogP contribution in [0.1, 0.15) is 12.5 Å². The van der Waals surface area contributed by atoms with Crippen molar-refractivity contribution in [3.05, 3.63) is 41.7 Å². The molecule has 0 saturated carbocycles. The first kappa shape index (κ1) is 11.7. The van der Waals surface area contributed by atoms with Crippen LogP contribution in [-0.4, -0.2) is 26.5 Å². The van der Waals surface area contributed by atoms with Gasteiger partial charge in [-0.1, -0.05) is 0 Å². The second kappa shape index (κ2) is 5.54. The number of nitrogens with zero attached hydrogens (tertiary/aromatic N) is 5. The molecule has 0 fully saturated rings. The van der Waals surface area contributed by atoms with Crippen LogP contribution in [0.25, 0.3) is 0 Å². The third-order valence-corrected chi connectivity index (χ3v) is 2.50. The smallest absolute Gasteiger partial charge is 0.229 e. The standard InChI is InChI=1S/C11H12ClN5/c1-2-17(7-9-3-5-13-6-4-9)11-15-8-14-10(12)16-11/h3-6,8H,2,7H2,1H3. The highest BCUT2D eigenvalue weighted by Crippen LogP contribution is 2.12. The summed E-state index contributed by atoms with van der Waals surface area (Å²) in [7, 11) is 0. The number of rotatable bonds is 4. The molecule has 0 bridgehead atoms. The zero-order valence-corrected chi connectivity index (χ0v) is 10.2. The van der Waals surface area contributed by atoms with Crippen LogP contribution in [0.4, 0.5) is 5.95 Å². The van der Waals surface area contributed by atoms with E-state index in [1.165, 1.54) is 6.33 Å². The molecule has 17 heavy (non-hydrogen) atoms. The van der Waals surface area contributed by atoms with E-state index in [0.29, 0.717) is 5.95 Å². The minimum atomic E-state index is 0.211. The van der Waals surface area contributed by atoms with Crippen LogP contribution >= 0.6 is 11.6 Å². The van der Waals surface area contributed by atoms with Gasteiger partial charge in [0.25, 0.3) is 0 Å². The highest BCUT2D eigenvalue weighted by Gasteiger charge is 2.08. The van der Waals surface area contributed by atoms with Crippen LogP contribution in [-0.2, 0) is 6.54 Å². The van der Waals surface area contributed by atoms with E-state index < -0.39 is 0 Å². The molecule has 2 rings (SSSR count). The minimum Gasteiger partial charge on any atom is -0.337 e. The van der Waals surface area contributed by atoms with Crippen molar-refractivity contribution in [1.82, 2.24) is 19.9 Å². The van der Waals surface area contributed by atoms with Crippen molar-refractivity contribution in [1.29, 1.82) is 0 Å². The number of aromatic nitrogens is 4. The van der Waals surface area contributed by atoms with Crippen molar-refractivity contribution < 1.29 is 0 Å². The minimum absolute atomic E-state index is 0.211. The van der Waals surface area contributed by atoms with Crippen molar-refractivity contribution in [2.45, 2.75) is 13.5 Å². The lowest BCUT2D eigenvalue weighted by Crippen LogP contribution is -2.24. The van der Waals surface area contributed by atoms with Crippen LogP contribution in [0.15, 0.2) is 30.9 Å². The summed E-state index contributed by atoms with van der Waals surface area (Å²) >= 11 is 5.75. The summed E-state index contributed by atoms with van der Waals surface area (Å²) in [4.78, 5) is 18.0. The van der Waals surface area contributed by atoms with E-state index in [9.17, 15) is 0 Å². The van der Waals surface area contributed by atoms with Crippen molar-refractivity contribution >= 4 is 17.5 Å². The molecule has 0 N–H and O–H groups in total. The predicted octanol–water partition coefficient (Wildman–Crippen LogP) is 1.95. The van der Waals surface area contributed by atoms with E-state index >= 15 is 0 Å². The second-order valence-electron chi connectivity index (χ2n) is 3.42. The van der Waals surface area contributed by atoms with Gasteiger partial charge < -0.3 is 4.90 Å². The van der Waals surface area contributed by atoms with Crippen molar-refractivity contribution in [3.8, 4) is 0 Å². The molecule has 0 unspecified atom stereocenters. The van der Waals surface area contributed by atoms with Gasteiger partial charge in [-0.05, 0) is 36.2 Å². The summed E-state index contributed by atoms with van der Waals surface area (Å²) in [6.45, 7) is 3.56. The van der Waals surface area contributed by atoms with Crippen LogP contribution in [0.3, 0.4) is 0 Å². The third kappa shape index (κ3) is 3.10. The Labute approximate surface area is 105 Å². The Hall–Kier alpha value is -1.75. The van der Waals surface area contributed by atoms with Crippen LogP contribution in [0, 0.1) is 0 Å². The Morgan fingerprint density at radius 3 is 2.65 bits per heavy atom. The monoisotopic (exact) mass is 249 g/mol. The summed E-state index contributed by atoms with van der Waals surface area (Å²) in [6.07, 6.45) is 4.95. The molecule has 0 amide bonds. The second-order valence-corrected chi connectivity index (χ2v) is 3.76. The van der Waals surface area contributed by atoms with Crippen LogP contribution in [0.2, 0.25) is 5.28 Å². The first-order valence-corrected chi connectivity index (χ1v) is 5.65. The number of halogens is 1. The highest BCUT2D eigenvalue weighted by atomic mass is 35.5. The van der Waals surface area contributed by atoms with E-state index in [1.807, 2.05) is 24.0 Å². The summed E-state index contributed by atoms with van der Waals surface area (Å²) in [6, 6.07) is 3.93. The van der Waals surface area contributed by atoms with E-state index in [2.05, 4.69) is 19.9 Å². The molecule has 0 saturated heterocycles. The fraction of sp³-hybridized carbons (Fsp3) is 0.273. The Balaban J connectivity index is 2.17. The highest BCUT2D eigenvalue weighted by molar-refractivity contribution is 6.28. The van der Waals surface area contributed by atoms with E-state index in [-0.39, 0.29) is 5.28 Å². The lowest BCUT2D eigenvalue weighted by Gasteiger charge is -2.20. The summed E-state index contributed by atoms with van der Waals surface area (Å²) in [5.41, 5.74) is 1.15. The zero-order chi connectivity index (χ0) is 12.1. The largest absolute Gasteiger partial charge is 0.337 e. The van der Waals surface area contributed by atoms with E-state index in [4.69, 9.17) is 11.6 Å². The molecule has 0 aliphatic heterocycles. The van der Waals surface area contributed by atoms with Crippen LogP contribution in [0.5, 0.6) is 0 Å². The number of hydrogen-bond acceptors (Lipinski definition) is 5. The molecule has 2 aromatic rings. The van der Waals surface area contributed by atoms with Gasteiger partial charge in [0.05, 0.1) is 0 Å². The number of pyridine rings is 1. The molecule has 0 radical (unpaired) electrons. The molecule has 0 spiro atoms. The van der Waals surface area contributed by atoms with Crippen molar-refractivity contribution in [2.24, 2.45) is 0 Å². The molecular weight excluding hydrogens is 238 g/mol. The maximum absolute atomic E-state index is 5.75. The Bertz CT molecular complexity index is 476. The Morgan fingerprint density at radius 2 is 2.00 bits per heavy atom. The molecule has 0 aromatic carbocycles. The van der Waals surface area contributed by atoms with Gasteiger partial charge in [0.1, 0.15) is 6.33 Å². The fourth-order valence-corrected chi connectivity index (χ4v) is 1.57. The summed E-state index contributed by atoms with van der Waals surface area (Å²) in [5.74, 6) is 0.587. The maximum Gasteiger partial charge on any atom is 0.229 e. The van der Waals surface area contributed by atoms with Crippen molar-refractivity contribution in [2.75, 3.05) is 11.4 Å². The predicted molar refractivity (Wildman–Crippen MR) is 65.8 cm³/mol. The lowest BCUT2D eigenvalue weighted by atomic mass is 10.2. The molecule has 0 aliphatic rings. The number of anilines is 1. The molecular formula is C11H12ClN5. The first-order valence-electron chi connectivity index (χ1n) is 5.28. The van der Waals surface area contributed by atoms with Gasteiger partial charge in [0.2, 0.25) is 11.2 Å². The molecule has 5 nitrogen and oxygen atoms in total. The maximum atomic E-state index is 5.75. The zero-order valence-electron chi connectivity index (χ0n) is 9.41. The SMILES string of the molecule is CCN(Cc1ccncc1)c1ncnc(Cl)n1. The molecule has 2 heterocycles. The van der Waals surface area contributed by atoms with E-state index in [0.717, 1.165) is 18.7 Å². The summed E-state index contributed by atoms with van der Waals surface area (Å²) < 4.78 is 0. The third-order valence-electron chi connectivity index (χ3n) is 2.32.